The molecule has 3 aromatic rings. The van der Waals surface area contributed by atoms with E-state index >= 15 is 0 Å². The molecule has 1 aliphatic rings. The average molecular weight is 364 g/mol. The first-order valence-corrected chi connectivity index (χ1v) is 9.40. The number of aryl methyl sites for hydroxylation is 2. The molecule has 0 amide bonds. The molecule has 3 aromatic heterocycles. The Bertz CT molecular complexity index is 975. The Balaban J connectivity index is 1.45. The van der Waals surface area contributed by atoms with Crippen molar-refractivity contribution >= 4 is 5.82 Å². The Hall–Kier alpha value is -2.96. The molecule has 1 saturated heterocycles. The number of anilines is 1. The lowest BCUT2D eigenvalue weighted by Gasteiger charge is -2.17. The molecule has 27 heavy (non-hydrogen) atoms. The van der Waals surface area contributed by atoms with Crippen LogP contribution in [-0.2, 0) is 19.9 Å². The van der Waals surface area contributed by atoms with Gasteiger partial charge in [0, 0.05) is 49.9 Å². The van der Waals surface area contributed by atoms with Crippen molar-refractivity contribution in [2.24, 2.45) is 13.0 Å². The molecule has 7 heteroatoms. The molecule has 1 atom stereocenters. The summed E-state index contributed by atoms with van der Waals surface area (Å²) in [5, 5.41) is 4.25. The molecule has 0 aromatic carbocycles. The lowest BCUT2D eigenvalue weighted by Crippen LogP contribution is -2.21. The smallest absolute Gasteiger partial charge is 0.251 e. The van der Waals surface area contributed by atoms with E-state index in [2.05, 4.69) is 31.1 Å². The Morgan fingerprint density at radius 1 is 1.30 bits per heavy atom. The van der Waals surface area contributed by atoms with Crippen molar-refractivity contribution in [3.8, 4) is 11.4 Å². The Kier molecular flexibility index (Phi) is 4.75. The summed E-state index contributed by atoms with van der Waals surface area (Å²) in [4.78, 5) is 26.0. The Morgan fingerprint density at radius 2 is 2.19 bits per heavy atom. The molecule has 0 aliphatic carbocycles. The van der Waals surface area contributed by atoms with E-state index in [0.29, 0.717) is 11.7 Å². The molecule has 0 saturated carbocycles. The van der Waals surface area contributed by atoms with Gasteiger partial charge < -0.3 is 9.88 Å². The molecular weight excluding hydrogens is 340 g/mol. The maximum atomic E-state index is 11.8. The summed E-state index contributed by atoms with van der Waals surface area (Å²) in [6.07, 6.45) is 8.78. The number of hydrogen-bond acceptors (Lipinski definition) is 5. The van der Waals surface area contributed by atoms with Gasteiger partial charge in [-0.25, -0.2) is 9.97 Å². The first-order chi connectivity index (χ1) is 13.1. The fraction of sp³-hybridized carbons (Fsp3) is 0.400. The standard InChI is InChI=1S/C20H24N6O/c1-3-17-9-19(27)24-20(23-17)16-4-5-18(21-11-16)26-7-6-14(13-26)8-15-10-22-25(2)12-15/h4-5,9-12,14H,3,6-8,13H2,1-2H3,(H,23,24,27). The fourth-order valence-corrected chi connectivity index (χ4v) is 3.66. The second kappa shape index (κ2) is 7.34. The van der Waals surface area contributed by atoms with Gasteiger partial charge >= 0.3 is 0 Å². The minimum absolute atomic E-state index is 0.126. The lowest BCUT2D eigenvalue weighted by molar-refractivity contribution is 0.586. The van der Waals surface area contributed by atoms with Crippen LogP contribution in [0.4, 0.5) is 5.82 Å². The maximum absolute atomic E-state index is 11.8. The van der Waals surface area contributed by atoms with Crippen LogP contribution < -0.4 is 10.5 Å². The SMILES string of the molecule is CCc1cc(=O)[nH]c(-c2ccc(N3CCC(Cc4cnn(C)c4)C3)nc2)n1. The molecule has 1 fully saturated rings. The van der Waals surface area contributed by atoms with Gasteiger partial charge in [-0.15, -0.1) is 0 Å². The maximum Gasteiger partial charge on any atom is 0.251 e. The molecule has 1 aliphatic heterocycles. The van der Waals surface area contributed by atoms with Crippen LogP contribution in [0.5, 0.6) is 0 Å². The summed E-state index contributed by atoms with van der Waals surface area (Å²) in [5.41, 5.74) is 2.78. The largest absolute Gasteiger partial charge is 0.356 e. The molecule has 4 rings (SSSR count). The van der Waals surface area contributed by atoms with Gasteiger partial charge in [0.25, 0.3) is 5.56 Å². The monoisotopic (exact) mass is 364 g/mol. The van der Waals surface area contributed by atoms with E-state index in [1.165, 1.54) is 11.6 Å². The van der Waals surface area contributed by atoms with Crippen LogP contribution in [0.3, 0.4) is 0 Å². The minimum Gasteiger partial charge on any atom is -0.356 e. The van der Waals surface area contributed by atoms with E-state index in [1.54, 1.807) is 6.20 Å². The summed E-state index contributed by atoms with van der Waals surface area (Å²) >= 11 is 0. The number of H-pyrrole nitrogens is 1. The molecule has 1 N–H and O–H groups in total. The van der Waals surface area contributed by atoms with Crippen molar-refractivity contribution in [1.82, 2.24) is 24.7 Å². The number of pyridine rings is 1. The van der Waals surface area contributed by atoms with E-state index in [1.807, 2.05) is 37.0 Å². The molecule has 0 spiro atoms. The van der Waals surface area contributed by atoms with E-state index in [9.17, 15) is 4.79 Å². The van der Waals surface area contributed by atoms with E-state index < -0.39 is 0 Å². The van der Waals surface area contributed by atoms with Gasteiger partial charge in [0.1, 0.15) is 11.6 Å². The number of aromatic amines is 1. The Morgan fingerprint density at radius 3 is 2.89 bits per heavy atom. The number of nitrogens with zero attached hydrogens (tertiary/aromatic N) is 5. The topological polar surface area (TPSA) is 79.7 Å². The number of rotatable bonds is 5. The summed E-state index contributed by atoms with van der Waals surface area (Å²) < 4.78 is 1.86. The van der Waals surface area contributed by atoms with Gasteiger partial charge in [-0.05, 0) is 42.9 Å². The molecule has 0 bridgehead atoms. The van der Waals surface area contributed by atoms with Gasteiger partial charge in [-0.3, -0.25) is 9.48 Å². The summed E-state index contributed by atoms with van der Waals surface area (Å²) in [6, 6.07) is 5.53. The third-order valence-electron chi connectivity index (χ3n) is 5.07. The van der Waals surface area contributed by atoms with Crippen molar-refractivity contribution in [1.29, 1.82) is 0 Å². The second-order valence-corrected chi connectivity index (χ2v) is 7.17. The molecule has 0 radical (unpaired) electrons. The highest BCUT2D eigenvalue weighted by Crippen LogP contribution is 2.26. The van der Waals surface area contributed by atoms with Crippen LogP contribution in [0.1, 0.15) is 24.6 Å². The second-order valence-electron chi connectivity index (χ2n) is 7.17. The van der Waals surface area contributed by atoms with Crippen molar-refractivity contribution in [3.63, 3.8) is 0 Å². The van der Waals surface area contributed by atoms with Crippen LogP contribution in [0.25, 0.3) is 11.4 Å². The van der Waals surface area contributed by atoms with Crippen molar-refractivity contribution in [2.75, 3.05) is 18.0 Å². The highest BCUT2D eigenvalue weighted by molar-refractivity contribution is 5.56. The van der Waals surface area contributed by atoms with Crippen LogP contribution in [0, 0.1) is 5.92 Å². The van der Waals surface area contributed by atoms with Gasteiger partial charge in [0.15, 0.2) is 0 Å². The summed E-state index contributed by atoms with van der Waals surface area (Å²) in [6.45, 7) is 4.00. The van der Waals surface area contributed by atoms with Crippen molar-refractivity contribution < 1.29 is 0 Å². The fourth-order valence-electron chi connectivity index (χ4n) is 3.66. The molecule has 140 valence electrons. The minimum atomic E-state index is -0.126. The summed E-state index contributed by atoms with van der Waals surface area (Å²) in [5.74, 6) is 2.17. The highest BCUT2D eigenvalue weighted by atomic mass is 16.1. The predicted octanol–water partition coefficient (Wildman–Crippen LogP) is 2.20. The predicted molar refractivity (Wildman–Crippen MR) is 105 cm³/mol. The highest BCUT2D eigenvalue weighted by Gasteiger charge is 2.24. The van der Waals surface area contributed by atoms with Gasteiger partial charge in [0.2, 0.25) is 0 Å². The summed E-state index contributed by atoms with van der Waals surface area (Å²) in [7, 11) is 1.95. The third kappa shape index (κ3) is 3.92. The van der Waals surface area contributed by atoms with Crippen LogP contribution in [-0.4, -0.2) is 37.8 Å². The van der Waals surface area contributed by atoms with Gasteiger partial charge in [-0.1, -0.05) is 6.92 Å². The normalized spacial score (nSPS) is 16.8. The number of aromatic nitrogens is 5. The average Bonchev–Trinajstić information content (AvgIpc) is 3.30. The zero-order valence-electron chi connectivity index (χ0n) is 15.7. The first kappa shape index (κ1) is 17.5. The third-order valence-corrected chi connectivity index (χ3v) is 5.07. The first-order valence-electron chi connectivity index (χ1n) is 9.40. The van der Waals surface area contributed by atoms with Crippen molar-refractivity contribution in [2.45, 2.75) is 26.2 Å². The van der Waals surface area contributed by atoms with E-state index in [0.717, 1.165) is 49.4 Å². The molecule has 1 unspecified atom stereocenters. The van der Waals surface area contributed by atoms with Crippen LogP contribution in [0.15, 0.2) is 41.6 Å². The van der Waals surface area contributed by atoms with E-state index in [-0.39, 0.29) is 5.56 Å². The molecular formula is C20H24N6O. The number of nitrogens with one attached hydrogen (secondary N) is 1. The zero-order valence-corrected chi connectivity index (χ0v) is 15.7. The number of hydrogen-bond donors (Lipinski definition) is 1. The zero-order chi connectivity index (χ0) is 18.8. The molecule has 7 nitrogen and oxygen atoms in total. The van der Waals surface area contributed by atoms with E-state index in [4.69, 9.17) is 0 Å². The lowest BCUT2D eigenvalue weighted by atomic mass is 10.0. The van der Waals surface area contributed by atoms with Crippen LogP contribution >= 0.6 is 0 Å². The molecule has 4 heterocycles. The Labute approximate surface area is 158 Å². The quantitative estimate of drug-likeness (QED) is 0.751. The van der Waals surface area contributed by atoms with Gasteiger partial charge in [-0.2, -0.15) is 5.10 Å². The van der Waals surface area contributed by atoms with Gasteiger partial charge in [0.05, 0.1) is 6.20 Å². The van der Waals surface area contributed by atoms with Crippen LogP contribution in [0.2, 0.25) is 0 Å². The van der Waals surface area contributed by atoms with Crippen molar-refractivity contribution in [3.05, 3.63) is 58.4 Å².